The zero-order valence-corrected chi connectivity index (χ0v) is 44.9. The van der Waals surface area contributed by atoms with Crippen molar-refractivity contribution in [2.75, 3.05) is 0 Å². The Morgan fingerprint density at radius 2 is 1.10 bits per heavy atom. The fourth-order valence-corrected chi connectivity index (χ4v) is 9.64. The van der Waals surface area contributed by atoms with Crippen molar-refractivity contribution >= 4 is 32.8 Å². The number of para-hydroxylation sites is 2. The molecule has 0 aliphatic rings. The van der Waals surface area contributed by atoms with Crippen LogP contribution in [0.4, 0.5) is 0 Å². The third-order valence-corrected chi connectivity index (χ3v) is 13.1. The maximum Gasteiger partial charge on any atom is 0.268 e. The summed E-state index contributed by atoms with van der Waals surface area (Å²) in [4.78, 5) is 4.89. The number of imidazole rings is 1. The molecule has 5 nitrogen and oxygen atoms in total. The van der Waals surface area contributed by atoms with Crippen molar-refractivity contribution < 1.29 is 30.4 Å². The van der Waals surface area contributed by atoms with Crippen LogP contribution in [0.25, 0.3) is 61.2 Å². The molecule has 0 radical (unpaired) electrons. The monoisotopic (exact) mass is 1080 g/mol. The van der Waals surface area contributed by atoms with Crippen molar-refractivity contribution in [1.29, 1.82) is 0 Å². The second kappa shape index (κ2) is 17.3. The van der Waals surface area contributed by atoms with E-state index >= 15 is 0 Å². The zero-order valence-electron chi connectivity index (χ0n) is 42.6. The summed E-state index contributed by atoms with van der Waals surface area (Å²) in [5.41, 5.74) is 14.5. The summed E-state index contributed by atoms with van der Waals surface area (Å²) in [6.07, 6.45) is 5.82. The van der Waals surface area contributed by atoms with E-state index in [2.05, 4.69) is 239 Å². The number of pyridine rings is 1. The molecule has 0 aliphatic carbocycles. The Hall–Kier alpha value is -5.77. The molecule has 352 valence electrons. The predicted molar refractivity (Wildman–Crippen MR) is 279 cm³/mol. The zero-order chi connectivity index (χ0) is 48.0. The minimum atomic E-state index is -0.131. The SMILES string of the molecule is CC(C)(C)c1ccnc(-n2c3[c-]c(Oc4[c-]c(-n5[c-][n+](-c6c(C(C)(C)C)cccc6C(C)(C)C)c6ccc(-c7c(C(C)(C)C)cccc7C(C)(C)C)cc65)ccc4)ccc3c3ccccc32)c1.[Pt]. The molecule has 0 spiro atoms. The molecular weight excluding hydrogens is 1010 g/mol. The van der Waals surface area contributed by atoms with E-state index in [0.717, 1.165) is 50.0 Å². The number of fused-ring (bicyclic) bond motifs is 4. The van der Waals surface area contributed by atoms with Gasteiger partial charge in [-0.15, -0.1) is 29.7 Å². The predicted octanol–water partition coefficient (Wildman–Crippen LogP) is 15.7. The Morgan fingerprint density at radius 3 is 1.72 bits per heavy atom. The van der Waals surface area contributed by atoms with Gasteiger partial charge < -0.3 is 13.9 Å². The second-order valence-electron chi connectivity index (χ2n) is 23.5. The molecule has 6 aromatic carbocycles. The van der Waals surface area contributed by atoms with Crippen LogP contribution in [0, 0.1) is 18.5 Å². The van der Waals surface area contributed by atoms with E-state index in [0.29, 0.717) is 11.5 Å². The summed E-state index contributed by atoms with van der Waals surface area (Å²) in [7, 11) is 0. The maximum absolute atomic E-state index is 6.77. The van der Waals surface area contributed by atoms with E-state index in [1.54, 1.807) is 0 Å². The number of ether oxygens (including phenoxy) is 1. The van der Waals surface area contributed by atoms with Crippen molar-refractivity contribution in [2.24, 2.45) is 0 Å². The van der Waals surface area contributed by atoms with Gasteiger partial charge in [0.2, 0.25) is 0 Å². The number of hydrogen-bond acceptors (Lipinski definition) is 2. The van der Waals surface area contributed by atoms with E-state index in [9.17, 15) is 0 Å². The van der Waals surface area contributed by atoms with Gasteiger partial charge in [0.1, 0.15) is 5.82 Å². The minimum absolute atomic E-state index is 0. The number of nitrogens with zero attached hydrogens (tertiary/aromatic N) is 4. The Labute approximate surface area is 419 Å². The van der Waals surface area contributed by atoms with E-state index in [1.807, 2.05) is 24.4 Å². The summed E-state index contributed by atoms with van der Waals surface area (Å²) >= 11 is 0. The first-order valence-corrected chi connectivity index (χ1v) is 23.8. The molecule has 6 heteroatoms. The van der Waals surface area contributed by atoms with Crippen molar-refractivity contribution in [2.45, 2.75) is 131 Å². The summed E-state index contributed by atoms with van der Waals surface area (Å²) in [5.74, 6) is 2.03. The van der Waals surface area contributed by atoms with Crippen LogP contribution >= 0.6 is 0 Å². The van der Waals surface area contributed by atoms with Gasteiger partial charge in [0.15, 0.2) is 0 Å². The number of rotatable bonds is 6. The van der Waals surface area contributed by atoms with E-state index in [4.69, 9.17) is 9.72 Å². The van der Waals surface area contributed by atoms with E-state index < -0.39 is 0 Å². The topological polar surface area (TPSA) is 35.9 Å². The van der Waals surface area contributed by atoms with Crippen LogP contribution in [-0.2, 0) is 48.1 Å². The van der Waals surface area contributed by atoms with Gasteiger partial charge >= 0.3 is 0 Å². The summed E-state index contributed by atoms with van der Waals surface area (Å²) in [6, 6.07) is 51.0. The fourth-order valence-electron chi connectivity index (χ4n) is 9.64. The Bertz CT molecular complexity index is 3290. The third-order valence-electron chi connectivity index (χ3n) is 13.1. The van der Waals surface area contributed by atoms with Gasteiger partial charge in [0.05, 0.1) is 16.7 Å². The molecule has 0 amide bonds. The van der Waals surface area contributed by atoms with Gasteiger partial charge in [-0.3, -0.25) is 4.57 Å². The normalized spacial score (nSPS) is 12.8. The van der Waals surface area contributed by atoms with Crippen LogP contribution in [0.1, 0.15) is 132 Å². The van der Waals surface area contributed by atoms with Crippen molar-refractivity contribution in [3.05, 3.63) is 174 Å². The van der Waals surface area contributed by atoms with Gasteiger partial charge in [-0.1, -0.05) is 176 Å². The average molecular weight is 1080 g/mol. The molecule has 0 saturated carbocycles. The van der Waals surface area contributed by atoms with Crippen LogP contribution in [-0.4, -0.2) is 14.1 Å². The maximum atomic E-state index is 6.77. The van der Waals surface area contributed by atoms with E-state index in [1.165, 1.54) is 38.9 Å². The van der Waals surface area contributed by atoms with Crippen LogP contribution in [0.5, 0.6) is 11.5 Å². The summed E-state index contributed by atoms with van der Waals surface area (Å²) < 4.78 is 13.4. The molecule has 0 aliphatic heterocycles. The minimum Gasteiger partial charge on any atom is -0.510 e. The van der Waals surface area contributed by atoms with Crippen molar-refractivity contribution in [1.82, 2.24) is 14.1 Å². The molecule has 0 bridgehead atoms. The number of hydrogen-bond donors (Lipinski definition) is 0. The van der Waals surface area contributed by atoms with Crippen LogP contribution in [0.15, 0.2) is 128 Å². The second-order valence-corrected chi connectivity index (χ2v) is 23.5. The first-order valence-electron chi connectivity index (χ1n) is 23.8. The van der Waals surface area contributed by atoms with Crippen LogP contribution < -0.4 is 9.30 Å². The molecule has 0 N–H and O–H groups in total. The molecular formula is C62H66N4OPt-2. The molecule has 3 aromatic heterocycles. The number of benzene rings is 6. The Balaban J connectivity index is 0.00000625. The molecule has 0 unspecified atom stereocenters. The molecule has 3 heterocycles. The third kappa shape index (κ3) is 9.00. The molecule has 0 fully saturated rings. The van der Waals surface area contributed by atoms with Gasteiger partial charge in [-0.25, -0.2) is 4.98 Å². The summed E-state index contributed by atoms with van der Waals surface area (Å²) in [5, 5.41) is 2.23. The van der Waals surface area contributed by atoms with Gasteiger partial charge in [0.25, 0.3) is 6.33 Å². The first-order chi connectivity index (χ1) is 31.4. The molecule has 0 atom stereocenters. The largest absolute Gasteiger partial charge is 0.510 e. The van der Waals surface area contributed by atoms with Crippen LogP contribution in [0.3, 0.4) is 0 Å². The molecule has 0 saturated heterocycles. The first kappa shape index (κ1) is 48.7. The van der Waals surface area contributed by atoms with Gasteiger partial charge in [-0.05, 0) is 101 Å². The van der Waals surface area contributed by atoms with Crippen molar-refractivity contribution in [3.63, 3.8) is 0 Å². The number of aromatic nitrogens is 4. The van der Waals surface area contributed by atoms with Gasteiger partial charge in [-0.2, -0.15) is 18.2 Å². The van der Waals surface area contributed by atoms with Gasteiger partial charge in [0, 0.05) is 44.3 Å². The quantitative estimate of drug-likeness (QED) is 0.123. The standard InChI is InChI=1S/C62H66N4O.Pt/c1-58(2,3)41-33-34-63-55(36-41)66-51-28-17-16-23-45(51)46-31-30-44(38-53(46)66)67-43-22-18-21-42(37-43)64-39-65(57-49(61(10,11)12)26-20-27-50(57)62(13,14)15)52-32-29-40(35-54(52)64)56-47(59(4,5)6)24-19-25-48(56)60(7,8)9;/h16-36H,1-15H3;/q-2;. The van der Waals surface area contributed by atoms with Crippen molar-refractivity contribution in [3.8, 4) is 39.8 Å². The molecule has 9 rings (SSSR count). The smallest absolute Gasteiger partial charge is 0.268 e. The molecule has 9 aromatic rings. The Kier molecular flexibility index (Phi) is 12.4. The van der Waals surface area contributed by atoms with Crippen LogP contribution in [0.2, 0.25) is 0 Å². The van der Waals surface area contributed by atoms with E-state index in [-0.39, 0.29) is 48.1 Å². The molecule has 68 heavy (non-hydrogen) atoms. The average Bonchev–Trinajstić information content (AvgIpc) is 3.80. The fraction of sp³-hybridized carbons (Fsp3) is 0.323. The summed E-state index contributed by atoms with van der Waals surface area (Å²) in [6.45, 7) is 34.4. The Morgan fingerprint density at radius 1 is 0.515 bits per heavy atom.